The van der Waals surface area contributed by atoms with E-state index in [0.29, 0.717) is 18.1 Å². The van der Waals surface area contributed by atoms with E-state index in [1.165, 1.54) is 24.8 Å². The first-order chi connectivity index (χ1) is 16.0. The molecule has 2 saturated heterocycles. The van der Waals surface area contributed by atoms with Crippen LogP contribution in [0.1, 0.15) is 31.7 Å². The molecule has 2 aliphatic heterocycles. The van der Waals surface area contributed by atoms with Gasteiger partial charge in [-0.1, -0.05) is 23.7 Å². The second kappa shape index (κ2) is 9.15. The van der Waals surface area contributed by atoms with Gasteiger partial charge < -0.3 is 14.5 Å². The van der Waals surface area contributed by atoms with Crippen molar-refractivity contribution >= 4 is 23.5 Å². The third-order valence-corrected chi connectivity index (χ3v) is 7.98. The SMILES string of the molecule is CCOC(=O)N1CC2(CCC(N3CCN(c4ncccc4-c4c(C)cccc4Cl)CC3)C2)C1. The van der Waals surface area contributed by atoms with E-state index >= 15 is 0 Å². The number of aryl methyl sites for hydroxylation is 1. The number of nitrogens with zero attached hydrogens (tertiary/aromatic N) is 4. The lowest BCUT2D eigenvalue weighted by Gasteiger charge is -2.48. The summed E-state index contributed by atoms with van der Waals surface area (Å²) in [5.74, 6) is 1.03. The molecule has 1 spiro atoms. The van der Waals surface area contributed by atoms with Crippen LogP contribution in [0.25, 0.3) is 11.1 Å². The smallest absolute Gasteiger partial charge is 0.409 e. The van der Waals surface area contributed by atoms with Gasteiger partial charge in [-0.3, -0.25) is 4.90 Å². The van der Waals surface area contributed by atoms with Crippen molar-refractivity contribution in [2.24, 2.45) is 5.41 Å². The molecule has 0 radical (unpaired) electrons. The molecule has 2 aromatic rings. The van der Waals surface area contributed by atoms with Crippen LogP contribution in [0, 0.1) is 12.3 Å². The van der Waals surface area contributed by atoms with E-state index in [9.17, 15) is 4.79 Å². The predicted octanol–water partition coefficient (Wildman–Crippen LogP) is 4.84. The van der Waals surface area contributed by atoms with E-state index in [1.54, 1.807) is 0 Å². The van der Waals surface area contributed by atoms with Gasteiger partial charge in [-0.25, -0.2) is 9.78 Å². The maximum absolute atomic E-state index is 12.0. The van der Waals surface area contributed by atoms with Crippen molar-refractivity contribution in [3.05, 3.63) is 47.1 Å². The van der Waals surface area contributed by atoms with E-state index in [0.717, 1.165) is 61.2 Å². The molecule has 1 aromatic carbocycles. The molecule has 5 rings (SSSR count). The molecule has 1 unspecified atom stereocenters. The first kappa shape index (κ1) is 22.5. The monoisotopic (exact) mass is 468 g/mol. The normalized spacial score (nSPS) is 22.5. The maximum Gasteiger partial charge on any atom is 0.409 e. The molecule has 1 aromatic heterocycles. The first-order valence-electron chi connectivity index (χ1n) is 12.1. The lowest BCUT2D eigenvalue weighted by molar-refractivity contribution is -0.00294. The zero-order valence-corrected chi connectivity index (χ0v) is 20.4. The number of anilines is 1. The van der Waals surface area contributed by atoms with Crippen LogP contribution in [0.4, 0.5) is 10.6 Å². The highest BCUT2D eigenvalue weighted by atomic mass is 35.5. The summed E-state index contributed by atoms with van der Waals surface area (Å²) in [6.45, 7) is 10.1. The highest BCUT2D eigenvalue weighted by molar-refractivity contribution is 6.33. The molecule has 0 N–H and O–H groups in total. The Labute approximate surface area is 201 Å². The van der Waals surface area contributed by atoms with Gasteiger partial charge in [0.2, 0.25) is 0 Å². The molecule has 1 atom stereocenters. The standard InChI is InChI=1S/C26H33ClN4O2/c1-3-33-25(32)31-17-26(18-31)10-9-20(16-26)29-12-14-30(15-13-29)24-21(7-5-11-28-24)23-19(2)6-4-8-22(23)27/h4-8,11,20H,3,9-10,12-18H2,1-2H3. The highest BCUT2D eigenvalue weighted by Gasteiger charge is 2.51. The molecule has 0 bridgehead atoms. The largest absolute Gasteiger partial charge is 0.450 e. The Balaban J connectivity index is 1.22. The fourth-order valence-electron chi connectivity index (χ4n) is 6.00. The molecule has 6 nitrogen and oxygen atoms in total. The van der Waals surface area contributed by atoms with Gasteiger partial charge >= 0.3 is 6.09 Å². The van der Waals surface area contributed by atoms with Crippen LogP contribution in [0.3, 0.4) is 0 Å². The molecular weight excluding hydrogens is 436 g/mol. The number of ether oxygens (including phenoxy) is 1. The summed E-state index contributed by atoms with van der Waals surface area (Å²) >= 11 is 6.59. The Morgan fingerprint density at radius 1 is 1.18 bits per heavy atom. The fourth-order valence-corrected chi connectivity index (χ4v) is 6.32. The number of likely N-dealkylation sites (tertiary alicyclic amines) is 1. The molecule has 33 heavy (non-hydrogen) atoms. The Bertz CT molecular complexity index is 995. The van der Waals surface area contributed by atoms with Crippen molar-refractivity contribution in [3.8, 4) is 11.1 Å². The summed E-state index contributed by atoms with van der Waals surface area (Å²) in [5, 5.41) is 0.775. The van der Waals surface area contributed by atoms with Crippen LogP contribution in [-0.2, 0) is 4.74 Å². The lowest BCUT2D eigenvalue weighted by atomic mass is 9.78. The number of hydrogen-bond donors (Lipinski definition) is 0. The molecule has 1 amide bonds. The van der Waals surface area contributed by atoms with Crippen LogP contribution in [0.5, 0.6) is 0 Å². The summed E-state index contributed by atoms with van der Waals surface area (Å²) in [5.41, 5.74) is 3.68. The molecule has 3 aliphatic rings. The van der Waals surface area contributed by atoms with E-state index in [2.05, 4.69) is 28.9 Å². The Hall–Kier alpha value is -2.31. The van der Waals surface area contributed by atoms with E-state index < -0.39 is 0 Å². The minimum Gasteiger partial charge on any atom is -0.450 e. The van der Waals surface area contributed by atoms with Crippen LogP contribution < -0.4 is 4.90 Å². The molecule has 1 saturated carbocycles. The summed E-state index contributed by atoms with van der Waals surface area (Å²) in [6.07, 6.45) is 5.36. The topological polar surface area (TPSA) is 48.9 Å². The quantitative estimate of drug-likeness (QED) is 0.642. The maximum atomic E-state index is 12.0. The van der Waals surface area contributed by atoms with Gasteiger partial charge in [0.15, 0.2) is 0 Å². The minimum absolute atomic E-state index is 0.153. The van der Waals surface area contributed by atoms with Crippen LogP contribution >= 0.6 is 11.6 Å². The fraction of sp³-hybridized carbons (Fsp3) is 0.538. The van der Waals surface area contributed by atoms with E-state index in [1.807, 2.05) is 36.2 Å². The molecular formula is C26H33ClN4O2. The average Bonchev–Trinajstić information content (AvgIpc) is 3.25. The van der Waals surface area contributed by atoms with Crippen molar-refractivity contribution in [2.45, 2.75) is 39.2 Å². The number of aromatic nitrogens is 1. The van der Waals surface area contributed by atoms with Crippen molar-refractivity contribution in [1.82, 2.24) is 14.8 Å². The molecule has 3 heterocycles. The van der Waals surface area contributed by atoms with Crippen molar-refractivity contribution in [3.63, 3.8) is 0 Å². The number of amides is 1. The zero-order valence-electron chi connectivity index (χ0n) is 19.6. The number of rotatable bonds is 4. The zero-order chi connectivity index (χ0) is 23.0. The number of carbonyl (C=O) groups is 1. The van der Waals surface area contributed by atoms with Gasteiger partial charge in [-0.2, -0.15) is 0 Å². The second-order valence-electron chi connectivity index (χ2n) is 9.78. The Morgan fingerprint density at radius 2 is 1.97 bits per heavy atom. The Morgan fingerprint density at radius 3 is 2.70 bits per heavy atom. The van der Waals surface area contributed by atoms with Crippen LogP contribution in [0.15, 0.2) is 36.5 Å². The highest BCUT2D eigenvalue weighted by Crippen LogP contribution is 2.47. The van der Waals surface area contributed by atoms with Gasteiger partial charge in [0.25, 0.3) is 0 Å². The average molecular weight is 469 g/mol. The molecule has 3 fully saturated rings. The molecule has 1 aliphatic carbocycles. The number of benzene rings is 1. The summed E-state index contributed by atoms with van der Waals surface area (Å²) < 4.78 is 5.16. The number of pyridine rings is 1. The van der Waals surface area contributed by atoms with Crippen molar-refractivity contribution in [2.75, 3.05) is 50.8 Å². The number of hydrogen-bond acceptors (Lipinski definition) is 5. The van der Waals surface area contributed by atoms with Crippen LogP contribution in [0.2, 0.25) is 5.02 Å². The van der Waals surface area contributed by atoms with E-state index in [4.69, 9.17) is 21.3 Å². The summed E-state index contributed by atoms with van der Waals surface area (Å²) in [4.78, 5) is 23.7. The predicted molar refractivity (Wildman–Crippen MR) is 132 cm³/mol. The Kier molecular flexibility index (Phi) is 6.23. The number of piperazine rings is 1. The van der Waals surface area contributed by atoms with Gasteiger partial charge in [0.05, 0.1) is 6.61 Å². The number of carbonyl (C=O) groups excluding carboxylic acids is 1. The summed E-state index contributed by atoms with van der Waals surface area (Å²) in [7, 11) is 0. The van der Waals surface area contributed by atoms with Crippen molar-refractivity contribution < 1.29 is 9.53 Å². The molecule has 176 valence electrons. The third kappa shape index (κ3) is 4.31. The van der Waals surface area contributed by atoms with Gasteiger partial charge in [0, 0.05) is 73.1 Å². The van der Waals surface area contributed by atoms with Gasteiger partial charge in [-0.15, -0.1) is 0 Å². The second-order valence-corrected chi connectivity index (χ2v) is 10.2. The van der Waals surface area contributed by atoms with Gasteiger partial charge in [-0.05, 0) is 56.9 Å². The minimum atomic E-state index is -0.153. The summed E-state index contributed by atoms with van der Waals surface area (Å²) in [6, 6.07) is 10.8. The van der Waals surface area contributed by atoms with Crippen LogP contribution in [-0.4, -0.2) is 72.8 Å². The third-order valence-electron chi connectivity index (χ3n) is 7.66. The molecule has 7 heteroatoms. The van der Waals surface area contributed by atoms with E-state index in [-0.39, 0.29) is 6.09 Å². The number of halogens is 1. The lowest BCUT2D eigenvalue weighted by Crippen LogP contribution is -2.58. The first-order valence-corrected chi connectivity index (χ1v) is 12.5. The van der Waals surface area contributed by atoms with Gasteiger partial charge in [0.1, 0.15) is 5.82 Å². The van der Waals surface area contributed by atoms with Crippen molar-refractivity contribution in [1.29, 1.82) is 0 Å².